The summed E-state index contributed by atoms with van der Waals surface area (Å²) in [5.41, 5.74) is 6.26. The van der Waals surface area contributed by atoms with E-state index >= 15 is 0 Å². The lowest BCUT2D eigenvalue weighted by atomic mass is 9.93. The minimum atomic E-state index is -0.0878. The van der Waals surface area contributed by atoms with Gasteiger partial charge in [-0.25, -0.2) is 0 Å². The van der Waals surface area contributed by atoms with Gasteiger partial charge in [-0.15, -0.1) is 11.3 Å². The number of anilines is 1. The zero-order chi connectivity index (χ0) is 15.9. The zero-order valence-corrected chi connectivity index (χ0v) is 13.8. The van der Waals surface area contributed by atoms with Crippen LogP contribution in [0.1, 0.15) is 32.8 Å². The number of nitrogens with one attached hydrogen (secondary N) is 1. The molecule has 0 saturated carbocycles. The average Bonchev–Trinajstić information content (AvgIpc) is 2.85. The minimum Gasteiger partial charge on any atom is -0.330 e. The van der Waals surface area contributed by atoms with Crippen LogP contribution < -0.4 is 11.1 Å². The van der Waals surface area contributed by atoms with Crippen LogP contribution in [0.15, 0.2) is 11.4 Å². The third-order valence-corrected chi connectivity index (χ3v) is 3.98. The summed E-state index contributed by atoms with van der Waals surface area (Å²) in [6.07, 6.45) is 0.983. The molecule has 3 N–H and O–H groups in total. The Bertz CT molecular complexity index is 504. The van der Waals surface area contributed by atoms with Crippen molar-refractivity contribution in [3.05, 3.63) is 17.0 Å². The molecule has 1 heterocycles. The van der Waals surface area contributed by atoms with Gasteiger partial charge in [0.15, 0.2) is 0 Å². The second kappa shape index (κ2) is 8.13. The normalized spacial score (nSPS) is 11.4. The Balaban J connectivity index is 2.62. The van der Waals surface area contributed by atoms with Gasteiger partial charge in [0.1, 0.15) is 11.1 Å². The Labute approximate surface area is 130 Å². The maximum Gasteiger partial charge on any atom is 0.239 e. The zero-order valence-electron chi connectivity index (χ0n) is 13.0. The van der Waals surface area contributed by atoms with Crippen LogP contribution >= 0.6 is 11.3 Å². The van der Waals surface area contributed by atoms with Crippen molar-refractivity contribution in [2.45, 2.75) is 27.2 Å². The number of carbonyl (C=O) groups is 1. The third-order valence-electron chi connectivity index (χ3n) is 3.15. The Morgan fingerprint density at radius 3 is 2.86 bits per heavy atom. The van der Waals surface area contributed by atoms with E-state index in [4.69, 9.17) is 11.0 Å². The fourth-order valence-corrected chi connectivity index (χ4v) is 2.82. The van der Waals surface area contributed by atoms with E-state index < -0.39 is 0 Å². The van der Waals surface area contributed by atoms with Gasteiger partial charge in [0.2, 0.25) is 5.91 Å². The lowest BCUT2D eigenvalue weighted by molar-refractivity contribution is -0.117. The molecule has 0 unspecified atom stereocenters. The van der Waals surface area contributed by atoms with Crippen LogP contribution in [0.25, 0.3) is 0 Å². The molecule has 0 bridgehead atoms. The molecule has 1 rings (SSSR count). The molecule has 0 radical (unpaired) electrons. The van der Waals surface area contributed by atoms with Crippen molar-refractivity contribution >= 4 is 22.2 Å². The predicted octanol–water partition coefficient (Wildman–Crippen LogP) is 2.26. The van der Waals surface area contributed by atoms with E-state index in [0.717, 1.165) is 19.5 Å². The molecule has 0 atom stereocenters. The van der Waals surface area contributed by atoms with Gasteiger partial charge in [0.05, 0.1) is 12.1 Å². The molecule has 0 aromatic carbocycles. The fourth-order valence-electron chi connectivity index (χ4n) is 2.06. The number of thiophene rings is 1. The lowest BCUT2D eigenvalue weighted by Crippen LogP contribution is -2.42. The number of nitriles is 1. The van der Waals surface area contributed by atoms with Crippen LogP contribution in [0.2, 0.25) is 0 Å². The molecule has 0 aliphatic heterocycles. The molecule has 0 fully saturated rings. The van der Waals surface area contributed by atoms with Gasteiger partial charge in [-0.3, -0.25) is 9.69 Å². The summed E-state index contributed by atoms with van der Waals surface area (Å²) in [7, 11) is 0. The second-order valence-corrected chi connectivity index (χ2v) is 6.82. The minimum absolute atomic E-state index is 0.0177. The number of carbonyl (C=O) groups excluding carboxylic acids is 1. The Kier molecular flexibility index (Phi) is 6.82. The summed E-state index contributed by atoms with van der Waals surface area (Å²) in [5, 5.41) is 14.2. The molecule has 0 aliphatic carbocycles. The van der Waals surface area contributed by atoms with E-state index in [0.29, 0.717) is 23.7 Å². The largest absolute Gasteiger partial charge is 0.330 e. The molecule has 0 aliphatic rings. The molecule has 6 heteroatoms. The van der Waals surface area contributed by atoms with Crippen LogP contribution in [0.4, 0.5) is 5.00 Å². The van der Waals surface area contributed by atoms with Crippen molar-refractivity contribution in [3.63, 3.8) is 0 Å². The van der Waals surface area contributed by atoms with E-state index in [1.807, 2.05) is 0 Å². The first kappa shape index (κ1) is 17.6. The van der Waals surface area contributed by atoms with Crippen LogP contribution in [-0.2, 0) is 4.79 Å². The van der Waals surface area contributed by atoms with Crippen molar-refractivity contribution in [1.82, 2.24) is 4.90 Å². The molecule has 0 saturated heterocycles. The van der Waals surface area contributed by atoms with E-state index in [9.17, 15) is 4.79 Å². The smallest absolute Gasteiger partial charge is 0.239 e. The molecule has 5 nitrogen and oxygen atoms in total. The Morgan fingerprint density at radius 1 is 1.57 bits per heavy atom. The van der Waals surface area contributed by atoms with E-state index in [2.05, 4.69) is 37.1 Å². The highest BCUT2D eigenvalue weighted by Gasteiger charge is 2.21. The van der Waals surface area contributed by atoms with Gasteiger partial charge in [0.25, 0.3) is 0 Å². The number of nitrogens with zero attached hydrogens (tertiary/aromatic N) is 2. The summed E-state index contributed by atoms with van der Waals surface area (Å²) in [4.78, 5) is 14.3. The maximum atomic E-state index is 12.2. The van der Waals surface area contributed by atoms with Crippen molar-refractivity contribution in [3.8, 4) is 6.07 Å². The Hall–Kier alpha value is -1.42. The number of amides is 1. The van der Waals surface area contributed by atoms with E-state index in [-0.39, 0.29) is 11.3 Å². The molecular weight excluding hydrogens is 284 g/mol. The predicted molar refractivity (Wildman–Crippen MR) is 87.2 cm³/mol. The molecule has 116 valence electrons. The number of hydrogen-bond donors (Lipinski definition) is 2. The van der Waals surface area contributed by atoms with Crippen molar-refractivity contribution in [2.24, 2.45) is 11.1 Å². The topological polar surface area (TPSA) is 82.2 Å². The highest BCUT2D eigenvalue weighted by atomic mass is 32.1. The number of nitrogens with two attached hydrogens (primary N) is 1. The summed E-state index contributed by atoms with van der Waals surface area (Å²) in [5.74, 6) is -0.0878. The van der Waals surface area contributed by atoms with Crippen LogP contribution in [-0.4, -0.2) is 37.0 Å². The molecular formula is C15H24N4OS. The fraction of sp³-hybridized carbons (Fsp3) is 0.600. The van der Waals surface area contributed by atoms with Gasteiger partial charge < -0.3 is 11.1 Å². The molecule has 1 aromatic heterocycles. The standard InChI is InChI=1S/C15H24N4OS/c1-4-6-19(11-15(2,3)10-17)9-13(20)18-14-12(8-16)5-7-21-14/h5,7H,4,6,9-11,17H2,1-3H3,(H,18,20). The van der Waals surface area contributed by atoms with Crippen molar-refractivity contribution in [2.75, 3.05) is 31.5 Å². The van der Waals surface area contributed by atoms with Crippen molar-refractivity contribution < 1.29 is 4.79 Å². The van der Waals surface area contributed by atoms with Gasteiger partial charge in [-0.05, 0) is 36.4 Å². The van der Waals surface area contributed by atoms with Gasteiger partial charge in [0, 0.05) is 6.54 Å². The highest BCUT2D eigenvalue weighted by Crippen LogP contribution is 2.22. The molecule has 1 amide bonds. The Morgan fingerprint density at radius 2 is 2.29 bits per heavy atom. The molecule has 1 aromatic rings. The quantitative estimate of drug-likeness (QED) is 0.771. The number of rotatable bonds is 8. The molecule has 21 heavy (non-hydrogen) atoms. The number of hydrogen-bond acceptors (Lipinski definition) is 5. The monoisotopic (exact) mass is 308 g/mol. The van der Waals surface area contributed by atoms with Gasteiger partial charge >= 0.3 is 0 Å². The summed E-state index contributed by atoms with van der Waals surface area (Å²) in [6.45, 7) is 8.82. The molecule has 0 spiro atoms. The van der Waals surface area contributed by atoms with Crippen LogP contribution in [0.5, 0.6) is 0 Å². The van der Waals surface area contributed by atoms with E-state index in [1.54, 1.807) is 11.4 Å². The summed E-state index contributed by atoms with van der Waals surface area (Å²) in [6, 6.07) is 3.78. The van der Waals surface area contributed by atoms with Crippen LogP contribution in [0, 0.1) is 16.7 Å². The lowest BCUT2D eigenvalue weighted by Gasteiger charge is -2.31. The second-order valence-electron chi connectivity index (χ2n) is 5.90. The van der Waals surface area contributed by atoms with Crippen LogP contribution in [0.3, 0.4) is 0 Å². The van der Waals surface area contributed by atoms with E-state index in [1.165, 1.54) is 11.3 Å². The SMILES string of the molecule is CCCN(CC(=O)Nc1sccc1C#N)CC(C)(C)CN. The van der Waals surface area contributed by atoms with Gasteiger partial charge in [-0.1, -0.05) is 20.8 Å². The third kappa shape index (κ3) is 5.84. The van der Waals surface area contributed by atoms with Gasteiger partial charge in [-0.2, -0.15) is 5.26 Å². The summed E-state index contributed by atoms with van der Waals surface area (Å²) >= 11 is 1.37. The van der Waals surface area contributed by atoms with Crippen molar-refractivity contribution in [1.29, 1.82) is 5.26 Å². The highest BCUT2D eigenvalue weighted by molar-refractivity contribution is 7.14. The first-order chi connectivity index (χ1) is 9.91. The first-order valence-electron chi connectivity index (χ1n) is 7.11. The first-order valence-corrected chi connectivity index (χ1v) is 7.99. The summed E-state index contributed by atoms with van der Waals surface area (Å²) < 4.78 is 0. The average molecular weight is 308 g/mol. The maximum absolute atomic E-state index is 12.2.